The molecule has 7 rings (SSSR count). The van der Waals surface area contributed by atoms with Gasteiger partial charge in [0.1, 0.15) is 0 Å². The molecule has 1 radical (unpaired) electrons. The van der Waals surface area contributed by atoms with Crippen molar-refractivity contribution in [3.8, 4) is 0 Å². The van der Waals surface area contributed by atoms with Crippen molar-refractivity contribution in [3.63, 3.8) is 0 Å². The van der Waals surface area contributed by atoms with Crippen molar-refractivity contribution in [2.75, 3.05) is 9.80 Å². The van der Waals surface area contributed by atoms with Gasteiger partial charge < -0.3 is 14.8 Å². The van der Waals surface area contributed by atoms with Gasteiger partial charge in [-0.25, -0.2) is 0 Å². The molecule has 6 aromatic rings. The molecular weight excluding hydrogens is 731 g/mol. The number of aryl methyl sites for hydroxylation is 10. The molecule has 2 heterocycles. The standard InChI is InChI=1S/C25H27N2.C16H16N.Au/c1-16-11-18(3)24(19(4)12-16)26-15-27(23-10-8-7-9-22(23)26)25-20(5)13-17(2)14-21(25)6;1-9-5-11(3)15-13(7-9)14-8-10(2)6-12(4)16(14)17-15;/h7-15H,1-6H3;5-8H,1-4H3;/q2*-1;. The van der Waals surface area contributed by atoms with Gasteiger partial charge in [-0.05, 0) is 114 Å². The second-order valence-electron chi connectivity index (χ2n) is 12.9. The molecule has 235 valence electrons. The first-order valence-corrected chi connectivity index (χ1v) is 15.6. The predicted molar refractivity (Wildman–Crippen MR) is 190 cm³/mol. The molecule has 0 saturated carbocycles. The quantitative estimate of drug-likeness (QED) is 0.129. The van der Waals surface area contributed by atoms with Crippen LogP contribution in [0.4, 0.5) is 22.7 Å². The van der Waals surface area contributed by atoms with E-state index in [9.17, 15) is 0 Å². The van der Waals surface area contributed by atoms with Crippen molar-refractivity contribution in [2.45, 2.75) is 69.2 Å². The van der Waals surface area contributed by atoms with Crippen molar-refractivity contribution in [3.05, 3.63) is 135 Å². The molecule has 0 spiro atoms. The van der Waals surface area contributed by atoms with Crippen LogP contribution in [0.2, 0.25) is 0 Å². The van der Waals surface area contributed by atoms with E-state index >= 15 is 0 Å². The first-order chi connectivity index (χ1) is 20.9. The number of nitrogens with zero attached hydrogens (tertiary/aromatic N) is 3. The second kappa shape index (κ2) is 12.6. The van der Waals surface area contributed by atoms with Crippen molar-refractivity contribution < 1.29 is 22.4 Å². The topological polar surface area (TPSA) is 20.6 Å². The van der Waals surface area contributed by atoms with Crippen molar-refractivity contribution in [1.82, 2.24) is 4.98 Å². The largest absolute Gasteiger partial charge is 0.656 e. The summed E-state index contributed by atoms with van der Waals surface area (Å²) in [6.45, 7) is 24.0. The van der Waals surface area contributed by atoms with Crippen LogP contribution < -0.4 is 14.8 Å². The smallest absolute Gasteiger partial charge is 0.0345 e. The van der Waals surface area contributed by atoms with Gasteiger partial charge in [0.2, 0.25) is 0 Å². The third-order valence-electron chi connectivity index (χ3n) is 8.79. The molecule has 0 aliphatic carbocycles. The summed E-state index contributed by atoms with van der Waals surface area (Å²) < 4.78 is 0. The molecule has 45 heavy (non-hydrogen) atoms. The maximum absolute atomic E-state index is 4.80. The average Bonchev–Trinajstić information content (AvgIpc) is 3.48. The van der Waals surface area contributed by atoms with Gasteiger partial charge in [-0.1, -0.05) is 94.0 Å². The summed E-state index contributed by atoms with van der Waals surface area (Å²) >= 11 is 0. The molecule has 3 nitrogen and oxygen atoms in total. The number of benzene rings is 5. The summed E-state index contributed by atoms with van der Waals surface area (Å²) in [5, 5.41) is 2.59. The Bertz CT molecular complexity index is 1880. The number of anilines is 4. The zero-order valence-corrected chi connectivity index (χ0v) is 30.3. The molecule has 0 N–H and O–H groups in total. The van der Waals surface area contributed by atoms with E-state index < -0.39 is 0 Å². The molecular formula is C41H43AuN3-2. The number of fused-ring (bicyclic) bond motifs is 4. The fourth-order valence-electron chi connectivity index (χ4n) is 7.31. The second-order valence-corrected chi connectivity index (χ2v) is 12.9. The summed E-state index contributed by atoms with van der Waals surface area (Å²) in [5.74, 6) is 0. The van der Waals surface area contributed by atoms with Crippen molar-refractivity contribution in [2.24, 2.45) is 0 Å². The minimum Gasteiger partial charge on any atom is -0.656 e. The Morgan fingerprint density at radius 1 is 0.444 bits per heavy atom. The monoisotopic (exact) mass is 774 g/mol. The SMILES string of the molecule is Cc1cc(C)c(N2[CH-]N(c3c(C)cc(C)cc3C)c3ccccc32)c(C)c1.Cc1cc(C)c2[n-]c3c(C)cc(C)cc3c2c1.[Au]. The number of hydrogen-bond acceptors (Lipinski definition) is 2. The number of para-hydroxylation sites is 2. The minimum atomic E-state index is 0. The fraction of sp³-hybridized carbons (Fsp3) is 0.244. The molecule has 5 aromatic carbocycles. The Morgan fingerprint density at radius 3 is 1.11 bits per heavy atom. The normalized spacial score (nSPS) is 12.3. The Balaban J connectivity index is 0.000000192. The third-order valence-corrected chi connectivity index (χ3v) is 8.79. The van der Waals surface area contributed by atoms with Crippen LogP contribution in [-0.4, -0.2) is 0 Å². The molecule has 1 aliphatic heterocycles. The number of hydrogen-bond donors (Lipinski definition) is 0. The summed E-state index contributed by atoms with van der Waals surface area (Å²) in [5.41, 5.74) is 20.3. The first kappa shape index (κ1) is 32.6. The van der Waals surface area contributed by atoms with Crippen LogP contribution in [0, 0.1) is 75.9 Å². The summed E-state index contributed by atoms with van der Waals surface area (Å²) in [4.78, 5) is 9.49. The van der Waals surface area contributed by atoms with Crippen LogP contribution in [0.3, 0.4) is 0 Å². The van der Waals surface area contributed by atoms with E-state index in [0.29, 0.717) is 0 Å². The molecule has 1 aromatic heterocycles. The van der Waals surface area contributed by atoms with Gasteiger partial charge in [0.25, 0.3) is 0 Å². The van der Waals surface area contributed by atoms with Gasteiger partial charge in [0, 0.05) is 45.1 Å². The Kier molecular flexibility index (Phi) is 9.11. The summed E-state index contributed by atoms with van der Waals surface area (Å²) in [7, 11) is 0. The Labute approximate surface area is 284 Å². The Morgan fingerprint density at radius 2 is 0.756 bits per heavy atom. The van der Waals surface area contributed by atoms with E-state index in [1.165, 1.54) is 89.2 Å². The first-order valence-electron chi connectivity index (χ1n) is 15.6. The summed E-state index contributed by atoms with van der Waals surface area (Å²) in [6, 6.07) is 26.6. The van der Waals surface area contributed by atoms with E-state index in [1.54, 1.807) is 0 Å². The van der Waals surface area contributed by atoms with Gasteiger partial charge in [0.15, 0.2) is 0 Å². The van der Waals surface area contributed by atoms with Crippen LogP contribution in [0.5, 0.6) is 0 Å². The Hall–Kier alpha value is -3.76. The van der Waals surface area contributed by atoms with Crippen LogP contribution in [-0.2, 0) is 22.4 Å². The molecule has 1 aliphatic rings. The predicted octanol–water partition coefficient (Wildman–Crippen LogP) is 11.1. The third kappa shape index (κ3) is 5.97. The molecule has 0 amide bonds. The average molecular weight is 775 g/mol. The van der Waals surface area contributed by atoms with E-state index in [4.69, 9.17) is 4.98 Å². The van der Waals surface area contributed by atoms with Crippen molar-refractivity contribution in [1.29, 1.82) is 0 Å². The van der Waals surface area contributed by atoms with E-state index in [2.05, 4.69) is 159 Å². The fourth-order valence-corrected chi connectivity index (χ4v) is 7.31. The zero-order valence-electron chi connectivity index (χ0n) is 28.1. The molecule has 4 heteroatoms. The van der Waals surface area contributed by atoms with Crippen LogP contribution in [0.15, 0.2) is 72.8 Å². The van der Waals surface area contributed by atoms with Gasteiger partial charge in [-0.2, -0.15) is 0 Å². The van der Waals surface area contributed by atoms with Crippen LogP contribution >= 0.6 is 0 Å². The summed E-state index contributed by atoms with van der Waals surface area (Å²) in [6.07, 6.45) is 0. The number of aromatic nitrogens is 1. The van der Waals surface area contributed by atoms with Crippen molar-refractivity contribution >= 4 is 44.6 Å². The molecule has 0 unspecified atom stereocenters. The van der Waals surface area contributed by atoms with Gasteiger partial charge in [-0.3, -0.25) is 0 Å². The maximum Gasteiger partial charge on any atom is 0.0345 e. The van der Waals surface area contributed by atoms with Gasteiger partial charge in [0.05, 0.1) is 0 Å². The maximum atomic E-state index is 4.80. The minimum absolute atomic E-state index is 0. The zero-order chi connectivity index (χ0) is 31.4. The van der Waals surface area contributed by atoms with E-state index in [-0.39, 0.29) is 22.4 Å². The van der Waals surface area contributed by atoms with Gasteiger partial charge >= 0.3 is 0 Å². The molecule has 0 bridgehead atoms. The van der Waals surface area contributed by atoms with Gasteiger partial charge in [-0.15, -0.1) is 17.7 Å². The molecule has 0 fully saturated rings. The van der Waals surface area contributed by atoms with E-state index in [0.717, 1.165) is 11.0 Å². The molecule has 0 atom stereocenters. The molecule has 0 saturated heterocycles. The number of rotatable bonds is 2. The van der Waals surface area contributed by atoms with Crippen LogP contribution in [0.1, 0.15) is 55.6 Å². The van der Waals surface area contributed by atoms with E-state index in [1.807, 2.05) is 0 Å². The van der Waals surface area contributed by atoms with Crippen LogP contribution in [0.25, 0.3) is 21.8 Å².